The van der Waals surface area contributed by atoms with Gasteiger partial charge in [-0.3, -0.25) is 0 Å². The molecule has 1 aliphatic heterocycles. The highest BCUT2D eigenvalue weighted by molar-refractivity contribution is 5.89. The summed E-state index contributed by atoms with van der Waals surface area (Å²) < 4.78 is 10.6. The lowest BCUT2D eigenvalue weighted by Crippen LogP contribution is -2.31. The number of carbonyl (C=O) groups excluding carboxylic acids is 1. The maximum absolute atomic E-state index is 12.1. The fourth-order valence-corrected chi connectivity index (χ4v) is 2.35. The van der Waals surface area contributed by atoms with Gasteiger partial charge in [0.2, 0.25) is 6.79 Å². The molecule has 5 nitrogen and oxygen atoms in total. The molecule has 0 spiro atoms. The molecule has 2 amide bonds. The number of urea groups is 1. The molecule has 22 heavy (non-hydrogen) atoms. The summed E-state index contributed by atoms with van der Waals surface area (Å²) in [6.45, 7) is 4.15. The number of rotatable bonds is 3. The molecular formula is C17H18N2O3. The predicted molar refractivity (Wildman–Crippen MR) is 84.3 cm³/mol. The molecular weight excluding hydrogens is 280 g/mol. The molecule has 5 heteroatoms. The van der Waals surface area contributed by atoms with Crippen molar-refractivity contribution in [1.82, 2.24) is 5.32 Å². The zero-order chi connectivity index (χ0) is 15.5. The van der Waals surface area contributed by atoms with Crippen molar-refractivity contribution in [2.75, 3.05) is 12.1 Å². The van der Waals surface area contributed by atoms with Crippen LogP contribution in [-0.2, 0) is 0 Å². The van der Waals surface area contributed by atoms with Crippen LogP contribution in [0.25, 0.3) is 0 Å². The summed E-state index contributed by atoms with van der Waals surface area (Å²) in [6, 6.07) is 13.0. The molecule has 1 heterocycles. The van der Waals surface area contributed by atoms with Gasteiger partial charge in [-0.1, -0.05) is 18.2 Å². The molecule has 0 radical (unpaired) electrons. The Hall–Kier alpha value is -2.69. The van der Waals surface area contributed by atoms with Gasteiger partial charge in [0.1, 0.15) is 0 Å². The molecule has 2 N–H and O–H groups in total. The summed E-state index contributed by atoms with van der Waals surface area (Å²) in [7, 11) is 0. The highest BCUT2D eigenvalue weighted by atomic mass is 16.7. The van der Waals surface area contributed by atoms with Crippen molar-refractivity contribution in [2.24, 2.45) is 0 Å². The SMILES string of the molecule is Cc1cccc(NC(=O)NC(C)c2ccc3c(c2)OCO3)c1. The average molecular weight is 298 g/mol. The highest BCUT2D eigenvalue weighted by Crippen LogP contribution is 2.34. The molecule has 0 aliphatic carbocycles. The normalized spacial score (nSPS) is 13.5. The Morgan fingerprint density at radius 3 is 2.77 bits per heavy atom. The second-order valence-electron chi connectivity index (χ2n) is 5.30. The van der Waals surface area contributed by atoms with E-state index in [-0.39, 0.29) is 18.9 Å². The van der Waals surface area contributed by atoms with Gasteiger partial charge < -0.3 is 20.1 Å². The van der Waals surface area contributed by atoms with Gasteiger partial charge in [-0.05, 0) is 49.2 Å². The molecule has 0 fully saturated rings. The van der Waals surface area contributed by atoms with Gasteiger partial charge in [-0.2, -0.15) is 0 Å². The Labute approximate surface area is 129 Å². The molecule has 1 aliphatic rings. The Bertz CT molecular complexity index is 700. The summed E-state index contributed by atoms with van der Waals surface area (Å²) in [6.07, 6.45) is 0. The number of nitrogens with one attached hydrogen (secondary N) is 2. The zero-order valence-electron chi connectivity index (χ0n) is 12.6. The zero-order valence-corrected chi connectivity index (χ0v) is 12.6. The molecule has 1 unspecified atom stereocenters. The molecule has 114 valence electrons. The maximum Gasteiger partial charge on any atom is 0.319 e. The number of anilines is 1. The average Bonchev–Trinajstić information content (AvgIpc) is 2.94. The van der Waals surface area contributed by atoms with Gasteiger partial charge in [0.05, 0.1) is 6.04 Å². The minimum atomic E-state index is -0.240. The Morgan fingerprint density at radius 1 is 1.14 bits per heavy atom. The van der Waals surface area contributed by atoms with E-state index in [4.69, 9.17) is 9.47 Å². The van der Waals surface area contributed by atoms with Crippen molar-refractivity contribution in [3.05, 3.63) is 53.6 Å². The summed E-state index contributed by atoms with van der Waals surface area (Å²) >= 11 is 0. The lowest BCUT2D eigenvalue weighted by molar-refractivity contribution is 0.174. The van der Waals surface area contributed by atoms with Gasteiger partial charge in [-0.25, -0.2) is 4.79 Å². The number of aryl methyl sites for hydroxylation is 1. The van der Waals surface area contributed by atoms with Crippen LogP contribution in [-0.4, -0.2) is 12.8 Å². The molecule has 0 bridgehead atoms. The number of ether oxygens (including phenoxy) is 2. The lowest BCUT2D eigenvalue weighted by Gasteiger charge is -2.15. The van der Waals surface area contributed by atoms with Crippen LogP contribution in [0.1, 0.15) is 24.1 Å². The van der Waals surface area contributed by atoms with E-state index in [0.717, 1.165) is 22.6 Å². The number of carbonyl (C=O) groups is 1. The van der Waals surface area contributed by atoms with E-state index in [1.165, 1.54) is 0 Å². The lowest BCUT2D eigenvalue weighted by atomic mass is 10.1. The van der Waals surface area contributed by atoms with Gasteiger partial charge in [0.15, 0.2) is 11.5 Å². The number of benzene rings is 2. The first-order valence-electron chi connectivity index (χ1n) is 7.15. The second-order valence-corrected chi connectivity index (χ2v) is 5.30. The Kier molecular flexibility index (Phi) is 3.87. The van der Waals surface area contributed by atoms with E-state index in [2.05, 4.69) is 10.6 Å². The third kappa shape index (κ3) is 3.14. The molecule has 1 atom stereocenters. The quantitative estimate of drug-likeness (QED) is 0.910. The summed E-state index contributed by atoms with van der Waals surface area (Å²) in [5, 5.41) is 5.74. The number of hydrogen-bond donors (Lipinski definition) is 2. The van der Waals surface area contributed by atoms with E-state index in [9.17, 15) is 4.79 Å². The fourth-order valence-electron chi connectivity index (χ4n) is 2.35. The fraction of sp³-hybridized carbons (Fsp3) is 0.235. The smallest absolute Gasteiger partial charge is 0.319 e. The van der Waals surface area contributed by atoms with Gasteiger partial charge >= 0.3 is 6.03 Å². The second kappa shape index (κ2) is 5.97. The van der Waals surface area contributed by atoms with E-state index >= 15 is 0 Å². The molecule has 0 saturated carbocycles. The van der Waals surface area contributed by atoms with Crippen LogP contribution < -0.4 is 20.1 Å². The minimum absolute atomic E-state index is 0.140. The number of amides is 2. The van der Waals surface area contributed by atoms with Crippen LogP contribution >= 0.6 is 0 Å². The van der Waals surface area contributed by atoms with E-state index in [1.807, 2.05) is 56.3 Å². The van der Waals surface area contributed by atoms with Crippen LogP contribution in [0.15, 0.2) is 42.5 Å². The van der Waals surface area contributed by atoms with E-state index < -0.39 is 0 Å². The van der Waals surface area contributed by atoms with Crippen LogP contribution in [0.3, 0.4) is 0 Å². The van der Waals surface area contributed by atoms with Crippen molar-refractivity contribution in [2.45, 2.75) is 19.9 Å². The molecule has 0 aromatic heterocycles. The Morgan fingerprint density at radius 2 is 1.95 bits per heavy atom. The topological polar surface area (TPSA) is 59.6 Å². The third-order valence-corrected chi connectivity index (χ3v) is 3.52. The highest BCUT2D eigenvalue weighted by Gasteiger charge is 2.16. The molecule has 0 saturated heterocycles. The minimum Gasteiger partial charge on any atom is -0.454 e. The van der Waals surface area contributed by atoms with Crippen LogP contribution in [0.4, 0.5) is 10.5 Å². The molecule has 3 rings (SSSR count). The van der Waals surface area contributed by atoms with Gasteiger partial charge in [0, 0.05) is 5.69 Å². The predicted octanol–water partition coefficient (Wildman–Crippen LogP) is 3.61. The molecule has 2 aromatic carbocycles. The van der Waals surface area contributed by atoms with E-state index in [0.29, 0.717) is 5.75 Å². The molecule has 2 aromatic rings. The first-order valence-corrected chi connectivity index (χ1v) is 7.15. The van der Waals surface area contributed by atoms with E-state index in [1.54, 1.807) is 0 Å². The number of fused-ring (bicyclic) bond motifs is 1. The van der Waals surface area contributed by atoms with Crippen LogP contribution in [0.5, 0.6) is 11.5 Å². The van der Waals surface area contributed by atoms with Crippen molar-refractivity contribution >= 4 is 11.7 Å². The number of hydrogen-bond acceptors (Lipinski definition) is 3. The largest absolute Gasteiger partial charge is 0.454 e. The first kappa shape index (κ1) is 14.3. The maximum atomic E-state index is 12.1. The van der Waals surface area contributed by atoms with Crippen molar-refractivity contribution in [1.29, 1.82) is 0 Å². The monoisotopic (exact) mass is 298 g/mol. The van der Waals surface area contributed by atoms with Crippen molar-refractivity contribution in [3.63, 3.8) is 0 Å². The van der Waals surface area contributed by atoms with Crippen molar-refractivity contribution in [3.8, 4) is 11.5 Å². The summed E-state index contributed by atoms with van der Waals surface area (Å²) in [4.78, 5) is 12.1. The first-order chi connectivity index (χ1) is 10.6. The standard InChI is InChI=1S/C17H18N2O3/c1-11-4-3-5-14(8-11)19-17(20)18-12(2)13-6-7-15-16(9-13)22-10-21-15/h3-9,12H,10H2,1-2H3,(H2,18,19,20). The van der Waals surface area contributed by atoms with Crippen LogP contribution in [0, 0.1) is 6.92 Å². The van der Waals surface area contributed by atoms with Gasteiger partial charge in [0.25, 0.3) is 0 Å². The van der Waals surface area contributed by atoms with Crippen LogP contribution in [0.2, 0.25) is 0 Å². The summed E-state index contributed by atoms with van der Waals surface area (Å²) in [5.41, 5.74) is 2.83. The van der Waals surface area contributed by atoms with Gasteiger partial charge in [-0.15, -0.1) is 0 Å². The van der Waals surface area contributed by atoms with Crippen molar-refractivity contribution < 1.29 is 14.3 Å². The Balaban J connectivity index is 1.63. The third-order valence-electron chi connectivity index (χ3n) is 3.52. The summed E-state index contributed by atoms with van der Waals surface area (Å²) in [5.74, 6) is 1.45.